The number of fused-ring (bicyclic) bond motifs is 2. The molecule has 0 unspecified atom stereocenters. The van der Waals surface area contributed by atoms with E-state index in [1.54, 1.807) is 11.3 Å². The second kappa shape index (κ2) is 5.12. The van der Waals surface area contributed by atoms with Crippen LogP contribution in [0.25, 0.3) is 5.65 Å². The number of hydrogen-bond acceptors (Lipinski definition) is 3. The second-order valence-corrected chi connectivity index (χ2v) is 5.91. The molecule has 4 rings (SSSR count). The van der Waals surface area contributed by atoms with Crippen molar-refractivity contribution in [3.63, 3.8) is 0 Å². The summed E-state index contributed by atoms with van der Waals surface area (Å²) >= 11 is 0. The van der Waals surface area contributed by atoms with E-state index in [1.165, 1.54) is 11.1 Å². The molecule has 0 amide bonds. The number of carboxylic acid groups (broad SMARTS) is 1. The maximum absolute atomic E-state index is 11.5. The Hall–Kier alpha value is -2.82. The minimum atomic E-state index is -0.948. The number of benzene rings is 1. The van der Waals surface area contributed by atoms with Gasteiger partial charge in [0.15, 0.2) is 5.69 Å². The molecule has 3 aromatic rings. The number of imidazole rings is 1. The molecule has 116 valence electrons. The van der Waals surface area contributed by atoms with E-state index in [2.05, 4.69) is 34.1 Å². The number of aryl methyl sites for hydroxylation is 1. The largest absolute Gasteiger partial charge is 0.477 e. The van der Waals surface area contributed by atoms with Crippen LogP contribution in [0.5, 0.6) is 0 Å². The Morgan fingerprint density at radius 1 is 1.17 bits per heavy atom. The van der Waals surface area contributed by atoms with Crippen LogP contribution in [0.2, 0.25) is 0 Å². The van der Waals surface area contributed by atoms with Gasteiger partial charge in [0.05, 0.1) is 11.4 Å². The van der Waals surface area contributed by atoms with Crippen LogP contribution in [0, 0.1) is 6.92 Å². The third-order valence-electron chi connectivity index (χ3n) is 4.48. The SMILES string of the molecule is Cc1nc2ccc(N3CCc4ccccc4C3)cn2c1C(=O)O. The summed E-state index contributed by atoms with van der Waals surface area (Å²) in [6.45, 7) is 3.50. The van der Waals surface area contributed by atoms with Gasteiger partial charge in [0.25, 0.3) is 0 Å². The van der Waals surface area contributed by atoms with Gasteiger partial charge in [0.2, 0.25) is 0 Å². The fourth-order valence-electron chi connectivity index (χ4n) is 3.31. The summed E-state index contributed by atoms with van der Waals surface area (Å²) < 4.78 is 1.67. The highest BCUT2D eigenvalue weighted by Crippen LogP contribution is 2.25. The Bertz CT molecular complexity index is 914. The van der Waals surface area contributed by atoms with E-state index in [-0.39, 0.29) is 5.69 Å². The fraction of sp³-hybridized carbons (Fsp3) is 0.222. The molecule has 2 aromatic heterocycles. The summed E-state index contributed by atoms with van der Waals surface area (Å²) in [5, 5.41) is 9.41. The molecule has 0 saturated carbocycles. The van der Waals surface area contributed by atoms with Crippen LogP contribution >= 0.6 is 0 Å². The van der Waals surface area contributed by atoms with Gasteiger partial charge in [-0.15, -0.1) is 0 Å². The first kappa shape index (κ1) is 13.8. The van der Waals surface area contributed by atoms with E-state index < -0.39 is 5.97 Å². The van der Waals surface area contributed by atoms with Crippen LogP contribution in [-0.4, -0.2) is 27.0 Å². The fourth-order valence-corrected chi connectivity index (χ4v) is 3.31. The maximum Gasteiger partial charge on any atom is 0.354 e. The van der Waals surface area contributed by atoms with Crippen molar-refractivity contribution in [2.24, 2.45) is 0 Å². The molecule has 3 heterocycles. The van der Waals surface area contributed by atoms with Crippen molar-refractivity contribution in [3.05, 3.63) is 65.1 Å². The number of carbonyl (C=O) groups is 1. The van der Waals surface area contributed by atoms with Gasteiger partial charge in [-0.3, -0.25) is 4.40 Å². The zero-order chi connectivity index (χ0) is 16.0. The van der Waals surface area contributed by atoms with Crippen molar-refractivity contribution < 1.29 is 9.90 Å². The van der Waals surface area contributed by atoms with Gasteiger partial charge in [-0.25, -0.2) is 9.78 Å². The van der Waals surface area contributed by atoms with Gasteiger partial charge in [-0.2, -0.15) is 0 Å². The van der Waals surface area contributed by atoms with Crippen molar-refractivity contribution in [2.75, 3.05) is 11.4 Å². The van der Waals surface area contributed by atoms with Crippen molar-refractivity contribution >= 4 is 17.3 Å². The van der Waals surface area contributed by atoms with Gasteiger partial charge in [0.1, 0.15) is 5.65 Å². The molecular weight excluding hydrogens is 290 g/mol. The van der Waals surface area contributed by atoms with E-state index in [1.807, 2.05) is 18.3 Å². The summed E-state index contributed by atoms with van der Waals surface area (Å²) in [6, 6.07) is 12.4. The molecule has 0 fully saturated rings. The maximum atomic E-state index is 11.5. The van der Waals surface area contributed by atoms with Gasteiger partial charge in [-0.05, 0) is 36.6 Å². The lowest BCUT2D eigenvalue weighted by Gasteiger charge is -2.30. The zero-order valence-corrected chi connectivity index (χ0v) is 12.9. The molecule has 0 bridgehead atoms. The Labute approximate surface area is 133 Å². The van der Waals surface area contributed by atoms with Crippen LogP contribution in [0.15, 0.2) is 42.6 Å². The van der Waals surface area contributed by atoms with Crippen LogP contribution in [0.1, 0.15) is 27.3 Å². The van der Waals surface area contributed by atoms with E-state index in [9.17, 15) is 9.90 Å². The Balaban J connectivity index is 1.75. The highest BCUT2D eigenvalue weighted by atomic mass is 16.4. The summed E-state index contributed by atoms with van der Waals surface area (Å²) in [6.07, 6.45) is 2.88. The molecule has 5 heteroatoms. The first-order valence-electron chi connectivity index (χ1n) is 7.67. The van der Waals surface area contributed by atoms with Crippen molar-refractivity contribution in [2.45, 2.75) is 19.9 Å². The number of aromatic nitrogens is 2. The summed E-state index contributed by atoms with van der Waals surface area (Å²) in [5.41, 5.74) is 5.19. The standard InChI is InChI=1S/C18H17N3O2/c1-12-17(18(22)23)21-11-15(6-7-16(21)19-12)20-9-8-13-4-2-3-5-14(13)10-20/h2-7,11H,8-10H2,1H3,(H,22,23). The lowest BCUT2D eigenvalue weighted by molar-refractivity contribution is 0.0688. The number of pyridine rings is 1. The number of rotatable bonds is 2. The predicted molar refractivity (Wildman–Crippen MR) is 88.1 cm³/mol. The summed E-state index contributed by atoms with van der Waals surface area (Å²) in [7, 11) is 0. The van der Waals surface area contributed by atoms with E-state index in [0.29, 0.717) is 11.3 Å². The molecule has 0 saturated heterocycles. The Kier molecular flexibility index (Phi) is 3.08. The number of carboxylic acids is 1. The Morgan fingerprint density at radius 2 is 1.96 bits per heavy atom. The molecule has 0 spiro atoms. The molecule has 0 aliphatic carbocycles. The minimum absolute atomic E-state index is 0.235. The predicted octanol–water partition coefficient (Wildman–Crippen LogP) is 2.90. The van der Waals surface area contributed by atoms with Gasteiger partial charge >= 0.3 is 5.97 Å². The average Bonchev–Trinajstić information content (AvgIpc) is 2.89. The third kappa shape index (κ3) is 2.25. The lowest BCUT2D eigenvalue weighted by atomic mass is 10.00. The lowest BCUT2D eigenvalue weighted by Crippen LogP contribution is -2.30. The molecule has 23 heavy (non-hydrogen) atoms. The normalized spacial score (nSPS) is 14.0. The molecule has 1 aliphatic heterocycles. The van der Waals surface area contributed by atoms with Crippen molar-refractivity contribution in [1.29, 1.82) is 0 Å². The van der Waals surface area contributed by atoms with Crippen molar-refractivity contribution in [3.8, 4) is 0 Å². The third-order valence-corrected chi connectivity index (χ3v) is 4.48. The van der Waals surface area contributed by atoms with Crippen LogP contribution in [0.4, 0.5) is 5.69 Å². The van der Waals surface area contributed by atoms with E-state index in [0.717, 1.165) is 25.2 Å². The quantitative estimate of drug-likeness (QED) is 0.791. The molecule has 1 aliphatic rings. The summed E-state index contributed by atoms with van der Waals surface area (Å²) in [5.74, 6) is -0.948. The van der Waals surface area contributed by atoms with E-state index in [4.69, 9.17) is 0 Å². The average molecular weight is 307 g/mol. The van der Waals surface area contributed by atoms with E-state index >= 15 is 0 Å². The first-order chi connectivity index (χ1) is 11.1. The highest BCUT2D eigenvalue weighted by molar-refractivity contribution is 5.88. The van der Waals surface area contributed by atoms with Crippen molar-refractivity contribution in [1.82, 2.24) is 9.38 Å². The van der Waals surface area contributed by atoms with Crippen LogP contribution in [0.3, 0.4) is 0 Å². The molecule has 0 radical (unpaired) electrons. The molecule has 0 atom stereocenters. The number of nitrogens with zero attached hydrogens (tertiary/aromatic N) is 3. The topological polar surface area (TPSA) is 57.8 Å². The highest BCUT2D eigenvalue weighted by Gasteiger charge is 2.19. The van der Waals surface area contributed by atoms with Gasteiger partial charge in [-0.1, -0.05) is 24.3 Å². The van der Waals surface area contributed by atoms with Gasteiger partial charge in [0, 0.05) is 19.3 Å². The molecule has 1 aromatic carbocycles. The smallest absolute Gasteiger partial charge is 0.354 e. The number of anilines is 1. The van der Waals surface area contributed by atoms with Crippen LogP contribution in [-0.2, 0) is 13.0 Å². The first-order valence-corrected chi connectivity index (χ1v) is 7.67. The second-order valence-electron chi connectivity index (χ2n) is 5.91. The Morgan fingerprint density at radius 3 is 2.74 bits per heavy atom. The number of hydrogen-bond donors (Lipinski definition) is 1. The number of aromatic carboxylic acids is 1. The molecule has 5 nitrogen and oxygen atoms in total. The summed E-state index contributed by atoms with van der Waals surface area (Å²) in [4.78, 5) is 18.1. The minimum Gasteiger partial charge on any atom is -0.477 e. The zero-order valence-electron chi connectivity index (χ0n) is 12.9. The van der Waals surface area contributed by atoms with Crippen LogP contribution < -0.4 is 4.90 Å². The molecular formula is C18H17N3O2. The monoisotopic (exact) mass is 307 g/mol. The van der Waals surface area contributed by atoms with Gasteiger partial charge < -0.3 is 10.0 Å². The molecule has 1 N–H and O–H groups in total.